The molecule has 7 rings (SSSR count). The van der Waals surface area contributed by atoms with Gasteiger partial charge in [-0.05, 0) is 108 Å². The molecule has 0 bridgehead atoms. The van der Waals surface area contributed by atoms with Crippen LogP contribution < -0.4 is 18.9 Å². The second-order valence-electron chi connectivity index (χ2n) is 12.9. The third-order valence-corrected chi connectivity index (χ3v) is 9.42. The van der Waals surface area contributed by atoms with Crippen LogP contribution in [0.5, 0.6) is 23.0 Å². The lowest BCUT2D eigenvalue weighted by atomic mass is 9.89. The van der Waals surface area contributed by atoms with Gasteiger partial charge in [0.05, 0.1) is 7.11 Å². The highest BCUT2D eigenvalue weighted by Gasteiger charge is 2.22. The van der Waals surface area contributed by atoms with E-state index >= 15 is 0 Å². The number of ketones is 1. The van der Waals surface area contributed by atoms with Gasteiger partial charge in [-0.1, -0.05) is 79.2 Å². The van der Waals surface area contributed by atoms with Crippen LogP contribution in [0.3, 0.4) is 0 Å². The lowest BCUT2D eigenvalue weighted by Crippen LogP contribution is -2.33. The van der Waals surface area contributed by atoms with Crippen molar-refractivity contribution < 1.29 is 23.7 Å². The standard InChI is InChI=1S/C45H43NO5/c1-48-38-20-23-40-36(29-38)17-22-42(44(40)45(47)35-15-18-37(19-16-35)49-28-27-46-25-9-4-10-26-46)41-24-21-39(50-31-33-11-5-2-6-12-33)30-43(41)51-32-34-13-7-3-8-14-34/h2-3,5-8,11-24,29-30H,4,9-10,25-28,31-32H2,1H3. The average molecular weight is 678 g/mol. The molecule has 0 spiro atoms. The molecule has 6 nitrogen and oxygen atoms in total. The number of likely N-dealkylation sites (tertiary alicyclic amines) is 1. The fourth-order valence-corrected chi connectivity index (χ4v) is 6.64. The Hall–Kier alpha value is -5.59. The number of piperidine rings is 1. The van der Waals surface area contributed by atoms with Crippen molar-refractivity contribution in [1.82, 2.24) is 4.90 Å². The van der Waals surface area contributed by atoms with Crippen LogP contribution in [0.25, 0.3) is 21.9 Å². The lowest BCUT2D eigenvalue weighted by Gasteiger charge is -2.26. The molecule has 0 aromatic heterocycles. The summed E-state index contributed by atoms with van der Waals surface area (Å²) in [7, 11) is 1.65. The Morgan fingerprint density at radius 1 is 0.608 bits per heavy atom. The second kappa shape index (κ2) is 16.4. The summed E-state index contributed by atoms with van der Waals surface area (Å²) >= 11 is 0. The highest BCUT2D eigenvalue weighted by Crippen LogP contribution is 2.40. The summed E-state index contributed by atoms with van der Waals surface area (Å²) in [6.45, 7) is 4.60. The molecule has 1 aliphatic heterocycles. The molecule has 6 aromatic carbocycles. The van der Waals surface area contributed by atoms with Gasteiger partial charge in [0.25, 0.3) is 0 Å². The zero-order valence-corrected chi connectivity index (χ0v) is 29.1. The Morgan fingerprint density at radius 2 is 1.25 bits per heavy atom. The number of rotatable bonds is 14. The Balaban J connectivity index is 1.22. The summed E-state index contributed by atoms with van der Waals surface area (Å²) in [4.78, 5) is 17.1. The topological polar surface area (TPSA) is 57.2 Å². The molecule has 0 radical (unpaired) electrons. The number of carbonyl (C=O) groups excluding carboxylic acids is 1. The zero-order valence-electron chi connectivity index (χ0n) is 29.1. The van der Waals surface area contributed by atoms with E-state index < -0.39 is 0 Å². The van der Waals surface area contributed by atoms with E-state index in [-0.39, 0.29) is 5.78 Å². The number of carbonyl (C=O) groups is 1. The molecule has 6 heteroatoms. The van der Waals surface area contributed by atoms with Crippen LogP contribution in [0.4, 0.5) is 0 Å². The van der Waals surface area contributed by atoms with E-state index in [9.17, 15) is 4.79 Å². The summed E-state index contributed by atoms with van der Waals surface area (Å²) in [5, 5.41) is 1.74. The Bertz CT molecular complexity index is 2060. The van der Waals surface area contributed by atoms with Gasteiger partial charge in [0.15, 0.2) is 5.78 Å². The zero-order chi connectivity index (χ0) is 34.8. The number of hydrogen-bond donors (Lipinski definition) is 0. The third kappa shape index (κ3) is 8.42. The maximum absolute atomic E-state index is 14.6. The van der Waals surface area contributed by atoms with E-state index in [1.54, 1.807) is 7.11 Å². The SMILES string of the molecule is COc1ccc2c(C(=O)c3ccc(OCCN4CCCCC4)cc3)c(-c3ccc(OCc4ccccc4)cc3OCc3ccccc3)ccc2c1. The van der Waals surface area contributed by atoms with Gasteiger partial charge in [-0.3, -0.25) is 9.69 Å². The van der Waals surface area contributed by atoms with Crippen molar-refractivity contribution in [1.29, 1.82) is 0 Å². The molecule has 1 fully saturated rings. The Kier molecular flexibility index (Phi) is 10.9. The number of fused-ring (bicyclic) bond motifs is 1. The Morgan fingerprint density at radius 3 is 1.96 bits per heavy atom. The van der Waals surface area contributed by atoms with Gasteiger partial charge in [0.1, 0.15) is 42.8 Å². The van der Waals surface area contributed by atoms with Gasteiger partial charge in [0.2, 0.25) is 0 Å². The first-order valence-corrected chi connectivity index (χ1v) is 17.7. The summed E-state index contributed by atoms with van der Waals surface area (Å²) in [6.07, 6.45) is 3.83. The van der Waals surface area contributed by atoms with Gasteiger partial charge >= 0.3 is 0 Å². The molecule has 51 heavy (non-hydrogen) atoms. The van der Waals surface area contributed by atoms with Crippen molar-refractivity contribution in [3.63, 3.8) is 0 Å². The quantitative estimate of drug-likeness (QED) is 0.107. The largest absolute Gasteiger partial charge is 0.497 e. The molecule has 1 aliphatic rings. The molecule has 0 N–H and O–H groups in total. The fraction of sp³-hybridized carbons (Fsp3) is 0.222. The van der Waals surface area contributed by atoms with Gasteiger partial charge < -0.3 is 18.9 Å². The molecule has 1 heterocycles. The van der Waals surface area contributed by atoms with Crippen LogP contribution in [0.2, 0.25) is 0 Å². The molecule has 0 atom stereocenters. The van der Waals surface area contributed by atoms with Crippen molar-refractivity contribution in [2.75, 3.05) is 33.4 Å². The molecule has 0 amide bonds. The van der Waals surface area contributed by atoms with Crippen LogP contribution in [0, 0.1) is 0 Å². The summed E-state index contributed by atoms with van der Waals surface area (Å²) in [6, 6.07) is 43.3. The normalized spacial score (nSPS) is 13.1. The third-order valence-electron chi connectivity index (χ3n) is 9.42. The van der Waals surface area contributed by atoms with Gasteiger partial charge in [-0.25, -0.2) is 0 Å². The van der Waals surface area contributed by atoms with Crippen molar-refractivity contribution in [2.45, 2.75) is 32.5 Å². The van der Waals surface area contributed by atoms with E-state index in [4.69, 9.17) is 18.9 Å². The number of nitrogens with zero attached hydrogens (tertiary/aromatic N) is 1. The number of ether oxygens (including phenoxy) is 4. The van der Waals surface area contributed by atoms with Crippen molar-refractivity contribution in [2.24, 2.45) is 0 Å². The molecule has 0 unspecified atom stereocenters. The van der Waals surface area contributed by atoms with E-state index in [0.29, 0.717) is 42.4 Å². The summed E-state index contributed by atoms with van der Waals surface area (Å²) < 4.78 is 24.4. The molecule has 6 aromatic rings. The maximum atomic E-state index is 14.6. The van der Waals surface area contributed by atoms with Gasteiger partial charge in [0, 0.05) is 29.3 Å². The predicted octanol–water partition coefficient (Wildman–Crippen LogP) is 9.77. The minimum atomic E-state index is -0.0842. The fourth-order valence-electron chi connectivity index (χ4n) is 6.64. The van der Waals surface area contributed by atoms with Crippen molar-refractivity contribution in [3.05, 3.63) is 156 Å². The van der Waals surface area contributed by atoms with Gasteiger partial charge in [-0.2, -0.15) is 0 Å². The maximum Gasteiger partial charge on any atom is 0.194 e. The van der Waals surface area contributed by atoms with Crippen LogP contribution in [-0.4, -0.2) is 44.0 Å². The minimum absolute atomic E-state index is 0.0842. The summed E-state index contributed by atoms with van der Waals surface area (Å²) in [5.41, 5.74) is 4.87. The molecule has 0 saturated carbocycles. The second-order valence-corrected chi connectivity index (χ2v) is 12.9. The van der Waals surface area contributed by atoms with Crippen LogP contribution >= 0.6 is 0 Å². The summed E-state index contributed by atoms with van der Waals surface area (Å²) in [5.74, 6) is 2.71. The minimum Gasteiger partial charge on any atom is -0.497 e. The molecular formula is C45H43NO5. The molecule has 0 aliphatic carbocycles. The molecule has 1 saturated heterocycles. The van der Waals surface area contributed by atoms with Crippen molar-refractivity contribution in [3.8, 4) is 34.1 Å². The number of hydrogen-bond acceptors (Lipinski definition) is 6. The first-order valence-electron chi connectivity index (χ1n) is 17.7. The first-order chi connectivity index (χ1) is 25.1. The molecular weight excluding hydrogens is 634 g/mol. The predicted molar refractivity (Wildman–Crippen MR) is 203 cm³/mol. The van der Waals surface area contributed by atoms with Gasteiger partial charge in [-0.15, -0.1) is 0 Å². The number of benzene rings is 6. The first kappa shape index (κ1) is 33.9. The lowest BCUT2D eigenvalue weighted by molar-refractivity contribution is 0.104. The van der Waals surface area contributed by atoms with Crippen LogP contribution in [0.15, 0.2) is 133 Å². The molecule has 258 valence electrons. The highest BCUT2D eigenvalue weighted by molar-refractivity contribution is 6.20. The van der Waals surface area contributed by atoms with E-state index in [0.717, 1.165) is 64.2 Å². The Labute approximate surface area is 300 Å². The van der Waals surface area contributed by atoms with Crippen molar-refractivity contribution >= 4 is 16.6 Å². The smallest absolute Gasteiger partial charge is 0.194 e. The van der Waals surface area contributed by atoms with Crippen LogP contribution in [0.1, 0.15) is 46.3 Å². The number of methoxy groups -OCH3 is 1. The highest BCUT2D eigenvalue weighted by atomic mass is 16.5. The van der Waals surface area contributed by atoms with E-state index in [1.807, 2.05) is 133 Å². The van der Waals surface area contributed by atoms with E-state index in [2.05, 4.69) is 4.90 Å². The van der Waals surface area contributed by atoms with Crippen LogP contribution in [-0.2, 0) is 13.2 Å². The average Bonchev–Trinajstić information content (AvgIpc) is 3.20. The monoisotopic (exact) mass is 677 g/mol. The van der Waals surface area contributed by atoms with E-state index in [1.165, 1.54) is 19.3 Å².